The van der Waals surface area contributed by atoms with Gasteiger partial charge in [-0.25, -0.2) is 15.0 Å². The normalized spacial score (nSPS) is 13.9. The van der Waals surface area contributed by atoms with Crippen LogP contribution >= 0.6 is 11.3 Å². The number of hydrogen-bond acceptors (Lipinski definition) is 5. The predicted octanol–water partition coefficient (Wildman–Crippen LogP) is 3.08. The van der Waals surface area contributed by atoms with Crippen molar-refractivity contribution in [2.45, 2.75) is 53.1 Å². The van der Waals surface area contributed by atoms with Gasteiger partial charge in [0.1, 0.15) is 16.5 Å². The second-order valence-electron chi connectivity index (χ2n) is 6.57. The second-order valence-corrected chi connectivity index (χ2v) is 7.57. The van der Waals surface area contributed by atoms with Gasteiger partial charge in [0, 0.05) is 30.2 Å². The molecule has 4 heterocycles. The summed E-state index contributed by atoms with van der Waals surface area (Å²) in [6, 6.07) is 0. The number of aryl methyl sites for hydroxylation is 5. The van der Waals surface area contributed by atoms with E-state index in [4.69, 9.17) is 0 Å². The maximum Gasteiger partial charge on any atom is 0.262 e. The first-order valence-electron chi connectivity index (χ1n) is 8.60. The number of rotatable bonds is 3. The average Bonchev–Trinajstić information content (AvgIpc) is 3.13. The number of hydrogen-bond donors (Lipinski definition) is 1. The topological polar surface area (TPSA) is 72.7 Å². The van der Waals surface area contributed by atoms with Crippen molar-refractivity contribution in [2.24, 2.45) is 0 Å². The SMILES string of the molecule is Cc1nc(C)c2c(C)c(C(=O)NCc3cn4c(n3)CCCC4)sc2n1. The Morgan fingerprint density at radius 2 is 2.08 bits per heavy atom. The van der Waals surface area contributed by atoms with E-state index in [1.807, 2.05) is 20.8 Å². The van der Waals surface area contributed by atoms with Gasteiger partial charge in [0.2, 0.25) is 0 Å². The quantitative estimate of drug-likeness (QED) is 0.784. The average molecular weight is 355 g/mol. The van der Waals surface area contributed by atoms with Crippen molar-refractivity contribution in [3.63, 3.8) is 0 Å². The highest BCUT2D eigenvalue weighted by atomic mass is 32.1. The lowest BCUT2D eigenvalue weighted by atomic mass is 10.1. The Hall–Kier alpha value is -2.28. The molecule has 0 fully saturated rings. The van der Waals surface area contributed by atoms with Gasteiger partial charge < -0.3 is 9.88 Å². The number of fused-ring (bicyclic) bond motifs is 2. The molecule has 0 radical (unpaired) electrons. The minimum atomic E-state index is -0.0662. The predicted molar refractivity (Wildman–Crippen MR) is 98.0 cm³/mol. The Morgan fingerprint density at radius 1 is 1.24 bits per heavy atom. The third-order valence-corrected chi connectivity index (χ3v) is 5.86. The van der Waals surface area contributed by atoms with Crippen LogP contribution in [0, 0.1) is 20.8 Å². The lowest BCUT2D eigenvalue weighted by Gasteiger charge is -2.11. The van der Waals surface area contributed by atoms with Crippen LogP contribution in [-0.2, 0) is 19.5 Å². The number of carbonyl (C=O) groups is 1. The van der Waals surface area contributed by atoms with E-state index < -0.39 is 0 Å². The molecule has 3 aromatic heterocycles. The Bertz CT molecular complexity index is 948. The van der Waals surface area contributed by atoms with E-state index >= 15 is 0 Å². The monoisotopic (exact) mass is 355 g/mol. The van der Waals surface area contributed by atoms with Crippen LogP contribution in [0.25, 0.3) is 10.2 Å². The highest BCUT2D eigenvalue weighted by Gasteiger charge is 2.19. The fourth-order valence-electron chi connectivity index (χ4n) is 3.50. The zero-order valence-corrected chi connectivity index (χ0v) is 15.5. The number of nitrogens with zero attached hydrogens (tertiary/aromatic N) is 4. The first-order chi connectivity index (χ1) is 12.0. The molecule has 1 amide bonds. The number of carbonyl (C=O) groups excluding carboxylic acids is 1. The summed E-state index contributed by atoms with van der Waals surface area (Å²) in [6.45, 7) is 7.30. The van der Waals surface area contributed by atoms with Crippen LogP contribution < -0.4 is 5.32 Å². The third kappa shape index (κ3) is 2.93. The lowest BCUT2D eigenvalue weighted by molar-refractivity contribution is 0.0954. The van der Waals surface area contributed by atoms with Crippen molar-refractivity contribution in [2.75, 3.05) is 0 Å². The molecule has 1 aliphatic rings. The van der Waals surface area contributed by atoms with E-state index in [0.29, 0.717) is 11.4 Å². The van der Waals surface area contributed by atoms with Gasteiger partial charge in [0.15, 0.2) is 0 Å². The molecule has 130 valence electrons. The van der Waals surface area contributed by atoms with Crippen LogP contribution in [0.1, 0.15) is 51.1 Å². The summed E-state index contributed by atoms with van der Waals surface area (Å²) in [4.78, 5) is 27.8. The zero-order chi connectivity index (χ0) is 17.6. The molecule has 0 aliphatic carbocycles. The molecule has 4 rings (SSSR count). The number of imidazole rings is 1. The van der Waals surface area contributed by atoms with Crippen LogP contribution in [0.2, 0.25) is 0 Å². The molecule has 0 bridgehead atoms. The fraction of sp³-hybridized carbons (Fsp3) is 0.444. The van der Waals surface area contributed by atoms with Crippen molar-refractivity contribution in [3.8, 4) is 0 Å². The van der Waals surface area contributed by atoms with Gasteiger partial charge in [-0.15, -0.1) is 11.3 Å². The van der Waals surface area contributed by atoms with Gasteiger partial charge in [-0.05, 0) is 39.2 Å². The number of aromatic nitrogens is 4. The Morgan fingerprint density at radius 3 is 2.88 bits per heavy atom. The third-order valence-electron chi connectivity index (χ3n) is 4.68. The molecule has 3 aromatic rings. The number of amides is 1. The van der Waals surface area contributed by atoms with Crippen LogP contribution in [0.5, 0.6) is 0 Å². The fourth-order valence-corrected chi connectivity index (χ4v) is 4.69. The van der Waals surface area contributed by atoms with Crippen molar-refractivity contribution >= 4 is 27.5 Å². The van der Waals surface area contributed by atoms with Gasteiger partial charge in [-0.3, -0.25) is 4.79 Å². The molecule has 0 aromatic carbocycles. The van der Waals surface area contributed by atoms with E-state index in [9.17, 15) is 4.79 Å². The Labute approximate surface area is 150 Å². The van der Waals surface area contributed by atoms with E-state index in [0.717, 1.165) is 51.8 Å². The van der Waals surface area contributed by atoms with Crippen LogP contribution in [0.4, 0.5) is 0 Å². The smallest absolute Gasteiger partial charge is 0.262 e. The highest BCUT2D eigenvalue weighted by Crippen LogP contribution is 2.31. The summed E-state index contributed by atoms with van der Waals surface area (Å²) < 4.78 is 2.21. The first-order valence-corrected chi connectivity index (χ1v) is 9.42. The molecule has 1 aliphatic heterocycles. The maximum absolute atomic E-state index is 12.7. The number of nitrogens with one attached hydrogen (secondary N) is 1. The maximum atomic E-state index is 12.7. The van der Waals surface area contributed by atoms with E-state index in [1.165, 1.54) is 24.2 Å². The number of thiophene rings is 1. The van der Waals surface area contributed by atoms with Crippen molar-refractivity contribution < 1.29 is 4.79 Å². The summed E-state index contributed by atoms with van der Waals surface area (Å²) in [5.74, 6) is 1.81. The second kappa shape index (κ2) is 6.22. The molecule has 6 nitrogen and oxygen atoms in total. The molecule has 25 heavy (non-hydrogen) atoms. The van der Waals surface area contributed by atoms with Crippen LogP contribution in [0.15, 0.2) is 6.20 Å². The first kappa shape index (κ1) is 16.2. The molecule has 0 spiro atoms. The summed E-state index contributed by atoms with van der Waals surface area (Å²) in [7, 11) is 0. The highest BCUT2D eigenvalue weighted by molar-refractivity contribution is 7.20. The van der Waals surface area contributed by atoms with Crippen LogP contribution in [0.3, 0.4) is 0 Å². The van der Waals surface area contributed by atoms with Crippen LogP contribution in [-0.4, -0.2) is 25.4 Å². The van der Waals surface area contributed by atoms with Gasteiger partial charge in [-0.1, -0.05) is 0 Å². The minimum Gasteiger partial charge on any atom is -0.346 e. The molecule has 0 unspecified atom stereocenters. The van der Waals surface area contributed by atoms with Crippen molar-refractivity contribution in [3.05, 3.63) is 39.7 Å². The molecular weight excluding hydrogens is 334 g/mol. The van der Waals surface area contributed by atoms with Gasteiger partial charge in [0.25, 0.3) is 5.91 Å². The zero-order valence-electron chi connectivity index (χ0n) is 14.7. The van der Waals surface area contributed by atoms with Gasteiger partial charge in [-0.2, -0.15) is 0 Å². The molecule has 0 saturated heterocycles. The van der Waals surface area contributed by atoms with Gasteiger partial charge >= 0.3 is 0 Å². The summed E-state index contributed by atoms with van der Waals surface area (Å²) >= 11 is 1.43. The molecule has 0 atom stereocenters. The molecule has 1 N–H and O–H groups in total. The Kier molecular flexibility index (Phi) is 4.03. The lowest BCUT2D eigenvalue weighted by Crippen LogP contribution is -2.22. The Balaban J connectivity index is 1.55. The molecule has 7 heteroatoms. The van der Waals surface area contributed by atoms with E-state index in [1.54, 1.807) is 0 Å². The van der Waals surface area contributed by atoms with E-state index in [-0.39, 0.29) is 5.91 Å². The summed E-state index contributed by atoms with van der Waals surface area (Å²) in [5.41, 5.74) is 2.81. The largest absolute Gasteiger partial charge is 0.346 e. The van der Waals surface area contributed by atoms with Crippen molar-refractivity contribution in [1.29, 1.82) is 0 Å². The molecule has 0 saturated carbocycles. The summed E-state index contributed by atoms with van der Waals surface area (Å²) in [6.07, 6.45) is 5.49. The van der Waals surface area contributed by atoms with E-state index in [2.05, 4.69) is 31.0 Å². The minimum absolute atomic E-state index is 0.0662. The van der Waals surface area contributed by atoms with Crippen molar-refractivity contribution in [1.82, 2.24) is 24.8 Å². The standard InChI is InChI=1S/C18H21N5OS/c1-10-15-11(2)20-12(3)21-18(15)25-16(10)17(24)19-8-13-9-23-7-5-4-6-14(23)22-13/h9H,4-8H2,1-3H3,(H,19,24). The summed E-state index contributed by atoms with van der Waals surface area (Å²) in [5, 5.41) is 4.01. The molecular formula is C18H21N5OS. The van der Waals surface area contributed by atoms with Gasteiger partial charge in [0.05, 0.1) is 17.1 Å².